The average Bonchev–Trinajstić information content (AvgIpc) is 3.31. The fraction of sp³-hybridized carbons (Fsp3) is 0.292. The van der Waals surface area contributed by atoms with Crippen molar-refractivity contribution in [2.45, 2.75) is 45.7 Å². The van der Waals surface area contributed by atoms with Crippen LogP contribution in [-0.2, 0) is 19.5 Å². The smallest absolute Gasteiger partial charge is 0.190 e. The SMILES string of the molecule is Br.CCn1c(-c2ccc(Br)cc2)csc1=Nc1ccc(-c2nnc3n2CCCCC3)cc1. The van der Waals surface area contributed by atoms with Crippen molar-refractivity contribution in [3.8, 4) is 22.6 Å². The van der Waals surface area contributed by atoms with Gasteiger partial charge in [-0.3, -0.25) is 0 Å². The molecule has 0 aliphatic carbocycles. The zero-order valence-corrected chi connectivity index (χ0v) is 22.0. The zero-order chi connectivity index (χ0) is 21.2. The highest BCUT2D eigenvalue weighted by Crippen LogP contribution is 2.26. The van der Waals surface area contributed by atoms with E-state index in [1.165, 1.54) is 30.5 Å². The molecule has 3 heterocycles. The van der Waals surface area contributed by atoms with Gasteiger partial charge in [-0.05, 0) is 61.7 Å². The third-order valence-corrected chi connectivity index (χ3v) is 7.11. The molecule has 0 atom stereocenters. The summed E-state index contributed by atoms with van der Waals surface area (Å²) in [5.74, 6) is 2.09. The summed E-state index contributed by atoms with van der Waals surface area (Å²) in [4.78, 5) is 5.93. The Morgan fingerprint density at radius 3 is 2.47 bits per heavy atom. The molecule has 32 heavy (non-hydrogen) atoms. The quantitative estimate of drug-likeness (QED) is 0.269. The van der Waals surface area contributed by atoms with Gasteiger partial charge in [0.25, 0.3) is 0 Å². The van der Waals surface area contributed by atoms with Gasteiger partial charge < -0.3 is 9.13 Å². The second kappa shape index (κ2) is 10.3. The average molecular weight is 575 g/mol. The van der Waals surface area contributed by atoms with E-state index >= 15 is 0 Å². The van der Waals surface area contributed by atoms with Crippen molar-refractivity contribution in [2.24, 2.45) is 4.99 Å². The lowest BCUT2D eigenvalue weighted by molar-refractivity contribution is 0.636. The highest BCUT2D eigenvalue weighted by atomic mass is 79.9. The van der Waals surface area contributed by atoms with Gasteiger partial charge >= 0.3 is 0 Å². The molecule has 0 amide bonds. The molecule has 0 N–H and O–H groups in total. The number of thiazole rings is 1. The van der Waals surface area contributed by atoms with Crippen molar-refractivity contribution in [1.82, 2.24) is 19.3 Å². The van der Waals surface area contributed by atoms with Gasteiger partial charge in [-0.15, -0.1) is 38.5 Å². The van der Waals surface area contributed by atoms with E-state index in [1.807, 2.05) is 0 Å². The summed E-state index contributed by atoms with van der Waals surface area (Å²) in [7, 11) is 0. The third kappa shape index (κ3) is 4.67. The second-order valence-corrected chi connectivity index (χ2v) is 9.47. The van der Waals surface area contributed by atoms with E-state index in [4.69, 9.17) is 4.99 Å². The predicted molar refractivity (Wildman–Crippen MR) is 140 cm³/mol. The van der Waals surface area contributed by atoms with Gasteiger partial charge in [0, 0.05) is 34.9 Å². The van der Waals surface area contributed by atoms with Crippen LogP contribution in [0.15, 0.2) is 63.4 Å². The third-order valence-electron chi connectivity index (χ3n) is 5.71. The molecule has 0 bridgehead atoms. The summed E-state index contributed by atoms with van der Waals surface area (Å²) in [5.41, 5.74) is 4.45. The summed E-state index contributed by atoms with van der Waals surface area (Å²) in [6.45, 7) is 4.04. The van der Waals surface area contributed by atoms with E-state index in [1.54, 1.807) is 11.3 Å². The molecular weight excluding hydrogens is 550 g/mol. The van der Waals surface area contributed by atoms with Gasteiger partial charge in [0.15, 0.2) is 10.6 Å². The molecule has 2 aromatic heterocycles. The number of benzene rings is 2. The first-order valence-electron chi connectivity index (χ1n) is 10.7. The van der Waals surface area contributed by atoms with Crippen molar-refractivity contribution < 1.29 is 0 Å². The number of fused-ring (bicyclic) bond motifs is 1. The molecule has 0 unspecified atom stereocenters. The van der Waals surface area contributed by atoms with Crippen LogP contribution in [0.5, 0.6) is 0 Å². The van der Waals surface area contributed by atoms with E-state index in [2.05, 4.69) is 96.1 Å². The fourth-order valence-electron chi connectivity index (χ4n) is 4.07. The first kappa shape index (κ1) is 23.1. The maximum atomic E-state index is 4.93. The van der Waals surface area contributed by atoms with Crippen molar-refractivity contribution in [1.29, 1.82) is 0 Å². The molecule has 0 fully saturated rings. The first-order valence-corrected chi connectivity index (χ1v) is 12.4. The lowest BCUT2D eigenvalue weighted by Gasteiger charge is -2.07. The highest BCUT2D eigenvalue weighted by molar-refractivity contribution is 9.10. The van der Waals surface area contributed by atoms with Crippen molar-refractivity contribution in [3.05, 3.63) is 69.0 Å². The van der Waals surface area contributed by atoms with Gasteiger partial charge in [0.1, 0.15) is 5.82 Å². The monoisotopic (exact) mass is 573 g/mol. The molecule has 5 rings (SSSR count). The van der Waals surface area contributed by atoms with Crippen LogP contribution >= 0.6 is 44.2 Å². The molecule has 1 aliphatic heterocycles. The topological polar surface area (TPSA) is 48.0 Å². The van der Waals surface area contributed by atoms with E-state index < -0.39 is 0 Å². The second-order valence-electron chi connectivity index (χ2n) is 7.72. The van der Waals surface area contributed by atoms with Gasteiger partial charge in [-0.1, -0.05) is 34.5 Å². The molecule has 0 saturated carbocycles. The number of halogens is 2. The van der Waals surface area contributed by atoms with Crippen LogP contribution < -0.4 is 4.80 Å². The Bertz CT molecular complexity index is 1250. The van der Waals surface area contributed by atoms with Crippen molar-refractivity contribution in [2.75, 3.05) is 0 Å². The number of hydrogen-bond acceptors (Lipinski definition) is 4. The molecule has 166 valence electrons. The summed E-state index contributed by atoms with van der Waals surface area (Å²) >= 11 is 5.19. The van der Waals surface area contributed by atoms with Crippen LogP contribution in [-0.4, -0.2) is 19.3 Å². The first-order chi connectivity index (χ1) is 15.2. The number of rotatable bonds is 4. The van der Waals surface area contributed by atoms with Crippen molar-refractivity contribution >= 4 is 49.9 Å². The van der Waals surface area contributed by atoms with Gasteiger partial charge in [-0.2, -0.15) is 0 Å². The molecular formula is C24H25Br2N5S. The largest absolute Gasteiger partial charge is 0.317 e. The minimum atomic E-state index is 0. The van der Waals surface area contributed by atoms with Crippen LogP contribution in [0.25, 0.3) is 22.6 Å². The Kier molecular flexibility index (Phi) is 7.43. The van der Waals surface area contributed by atoms with E-state index in [9.17, 15) is 0 Å². The lowest BCUT2D eigenvalue weighted by atomic mass is 10.2. The van der Waals surface area contributed by atoms with Crippen LogP contribution in [0.1, 0.15) is 32.0 Å². The standard InChI is InChI=1S/C24H24BrN5S.BrH/c1-2-29-21(17-7-11-19(25)12-8-17)16-31-24(29)26-20-13-9-18(10-14-20)23-28-27-22-6-4-3-5-15-30(22)23;/h7-14,16H,2-6,15H2,1H3;1H. The van der Waals surface area contributed by atoms with E-state index in [0.29, 0.717) is 0 Å². The summed E-state index contributed by atoms with van der Waals surface area (Å²) in [5, 5.41) is 11.1. The number of nitrogens with zero attached hydrogens (tertiary/aromatic N) is 5. The molecule has 2 aromatic carbocycles. The molecule has 0 radical (unpaired) electrons. The van der Waals surface area contributed by atoms with E-state index in [0.717, 1.165) is 51.7 Å². The van der Waals surface area contributed by atoms with Gasteiger partial charge in [0.05, 0.1) is 11.4 Å². The summed E-state index contributed by atoms with van der Waals surface area (Å²) < 4.78 is 5.64. The fourth-order valence-corrected chi connectivity index (χ4v) is 5.33. The normalized spacial score (nSPS) is 14.0. The molecule has 8 heteroatoms. The number of aryl methyl sites for hydroxylation is 1. The van der Waals surface area contributed by atoms with E-state index in [-0.39, 0.29) is 17.0 Å². The lowest BCUT2D eigenvalue weighted by Crippen LogP contribution is -2.14. The summed E-state index contributed by atoms with van der Waals surface area (Å²) in [6, 6.07) is 16.8. The predicted octanol–water partition coefficient (Wildman–Crippen LogP) is 6.79. The molecule has 0 saturated heterocycles. The van der Waals surface area contributed by atoms with Crippen molar-refractivity contribution in [3.63, 3.8) is 0 Å². The van der Waals surface area contributed by atoms with Crippen LogP contribution in [0.2, 0.25) is 0 Å². The Morgan fingerprint density at radius 1 is 0.969 bits per heavy atom. The molecule has 1 aliphatic rings. The zero-order valence-electron chi connectivity index (χ0n) is 17.9. The maximum absolute atomic E-state index is 4.93. The van der Waals surface area contributed by atoms with Crippen LogP contribution in [0, 0.1) is 0 Å². The molecule has 4 aromatic rings. The maximum Gasteiger partial charge on any atom is 0.190 e. The Balaban J connectivity index is 0.00000245. The number of hydrogen-bond donors (Lipinski definition) is 0. The Labute approximate surface area is 210 Å². The Hall–Kier alpha value is -2.03. The van der Waals surface area contributed by atoms with Gasteiger partial charge in [-0.25, -0.2) is 4.99 Å². The Morgan fingerprint density at radius 2 is 1.72 bits per heavy atom. The summed E-state index contributed by atoms with van der Waals surface area (Å²) in [6.07, 6.45) is 4.69. The minimum absolute atomic E-state index is 0. The highest BCUT2D eigenvalue weighted by Gasteiger charge is 2.16. The van der Waals surface area contributed by atoms with Gasteiger partial charge in [0.2, 0.25) is 0 Å². The minimum Gasteiger partial charge on any atom is -0.317 e. The van der Waals surface area contributed by atoms with Crippen LogP contribution in [0.4, 0.5) is 5.69 Å². The molecule has 0 spiro atoms. The molecule has 5 nitrogen and oxygen atoms in total. The number of aromatic nitrogens is 4. The van der Waals surface area contributed by atoms with Crippen LogP contribution in [0.3, 0.4) is 0 Å².